The van der Waals surface area contributed by atoms with Crippen molar-refractivity contribution in [3.05, 3.63) is 30.5 Å². The lowest BCUT2D eigenvalue weighted by Gasteiger charge is -2.02. The number of nitrogens with two attached hydrogens (primary N) is 1. The molecule has 0 atom stereocenters. The van der Waals surface area contributed by atoms with Gasteiger partial charge in [0.1, 0.15) is 0 Å². The van der Waals surface area contributed by atoms with Crippen molar-refractivity contribution in [3.8, 4) is 0 Å². The zero-order valence-corrected chi connectivity index (χ0v) is 8.40. The lowest BCUT2D eigenvalue weighted by Crippen LogP contribution is -2.22. The van der Waals surface area contributed by atoms with Gasteiger partial charge >= 0.3 is 0 Å². The number of hydrogen-bond donors (Lipinski definition) is 2. The van der Waals surface area contributed by atoms with E-state index in [9.17, 15) is 8.42 Å². The Morgan fingerprint density at radius 3 is 2.73 bits per heavy atom. The van der Waals surface area contributed by atoms with Crippen LogP contribution >= 0.6 is 0 Å². The second-order valence-electron chi connectivity index (χ2n) is 2.90. The lowest BCUT2D eigenvalue weighted by molar-refractivity contribution is 0.602. The number of fused-ring (bicyclic) bond motifs is 1. The first kappa shape index (κ1) is 9.81. The van der Waals surface area contributed by atoms with E-state index in [1.54, 1.807) is 12.1 Å². The van der Waals surface area contributed by atoms with Crippen molar-refractivity contribution in [3.63, 3.8) is 0 Å². The van der Waals surface area contributed by atoms with Gasteiger partial charge in [0.2, 0.25) is 5.95 Å². The molecule has 0 bridgehead atoms. The van der Waals surface area contributed by atoms with Crippen molar-refractivity contribution >= 4 is 27.1 Å². The number of hydrogen-bond acceptors (Lipinski definition) is 4. The third-order valence-corrected chi connectivity index (χ3v) is 2.19. The number of nitrogens with one attached hydrogen (secondary N) is 1. The average Bonchev–Trinajstić information content (AvgIpc) is 2.15. The Morgan fingerprint density at radius 1 is 1.27 bits per heavy atom. The first-order valence-electron chi connectivity index (χ1n) is 4.07. The molecule has 1 aromatic heterocycles. The minimum atomic E-state index is -3.82. The molecule has 15 heavy (non-hydrogen) atoms. The van der Waals surface area contributed by atoms with Crippen molar-refractivity contribution in [2.45, 2.75) is 0 Å². The van der Waals surface area contributed by atoms with E-state index in [2.05, 4.69) is 9.97 Å². The van der Waals surface area contributed by atoms with E-state index in [4.69, 9.17) is 5.14 Å². The number of aromatic nitrogens is 2. The molecule has 1 aromatic carbocycles. The molecule has 3 N–H and O–H groups in total. The number of nitrogens with zero attached hydrogens (tertiary/aromatic N) is 2. The molecule has 6 nitrogen and oxygen atoms in total. The molecule has 0 amide bonds. The average molecular weight is 224 g/mol. The number of para-hydroxylation sites is 1. The maximum absolute atomic E-state index is 10.7. The van der Waals surface area contributed by atoms with Crippen LogP contribution in [-0.2, 0) is 10.2 Å². The fourth-order valence-corrected chi connectivity index (χ4v) is 1.50. The number of rotatable bonds is 2. The molecule has 0 saturated carbocycles. The van der Waals surface area contributed by atoms with Crippen molar-refractivity contribution in [1.29, 1.82) is 0 Å². The monoisotopic (exact) mass is 224 g/mol. The van der Waals surface area contributed by atoms with Crippen LogP contribution in [0.4, 0.5) is 5.95 Å². The molecule has 0 aliphatic rings. The Morgan fingerprint density at radius 2 is 2.00 bits per heavy atom. The highest BCUT2D eigenvalue weighted by Crippen LogP contribution is 2.11. The number of anilines is 1. The molecular formula is C8H8N4O2S. The molecule has 2 aromatic rings. The summed E-state index contributed by atoms with van der Waals surface area (Å²) in [6.45, 7) is 0. The van der Waals surface area contributed by atoms with E-state index in [1.165, 1.54) is 6.20 Å². The maximum Gasteiger partial charge on any atom is 0.298 e. The van der Waals surface area contributed by atoms with Crippen LogP contribution in [0.5, 0.6) is 0 Å². The van der Waals surface area contributed by atoms with Crippen molar-refractivity contribution in [1.82, 2.24) is 9.97 Å². The quantitative estimate of drug-likeness (QED) is 0.763. The van der Waals surface area contributed by atoms with Gasteiger partial charge in [-0.2, -0.15) is 8.42 Å². The van der Waals surface area contributed by atoms with E-state index >= 15 is 0 Å². The maximum atomic E-state index is 10.7. The summed E-state index contributed by atoms with van der Waals surface area (Å²) in [6.07, 6.45) is 1.52. The van der Waals surface area contributed by atoms with E-state index in [1.807, 2.05) is 16.9 Å². The van der Waals surface area contributed by atoms with Gasteiger partial charge in [-0.05, 0) is 6.07 Å². The van der Waals surface area contributed by atoms with Crippen LogP contribution in [-0.4, -0.2) is 18.4 Å². The van der Waals surface area contributed by atoms with E-state index in [0.29, 0.717) is 5.52 Å². The molecular weight excluding hydrogens is 216 g/mol. The van der Waals surface area contributed by atoms with Crippen molar-refractivity contribution < 1.29 is 8.42 Å². The Kier molecular flexibility index (Phi) is 2.25. The summed E-state index contributed by atoms with van der Waals surface area (Å²) < 4.78 is 23.4. The van der Waals surface area contributed by atoms with E-state index in [-0.39, 0.29) is 5.95 Å². The van der Waals surface area contributed by atoms with Gasteiger partial charge < -0.3 is 0 Å². The van der Waals surface area contributed by atoms with Crippen molar-refractivity contribution in [2.75, 3.05) is 4.72 Å². The zero-order chi connectivity index (χ0) is 10.9. The second-order valence-corrected chi connectivity index (χ2v) is 4.19. The summed E-state index contributed by atoms with van der Waals surface area (Å²) >= 11 is 0. The molecule has 0 fully saturated rings. The highest BCUT2D eigenvalue weighted by molar-refractivity contribution is 7.90. The molecule has 0 spiro atoms. The van der Waals surface area contributed by atoms with Gasteiger partial charge in [0.05, 0.1) is 5.52 Å². The van der Waals surface area contributed by atoms with Crippen molar-refractivity contribution in [2.24, 2.45) is 5.14 Å². The van der Waals surface area contributed by atoms with E-state index < -0.39 is 10.2 Å². The predicted octanol–water partition coefficient (Wildman–Crippen LogP) is 0.245. The largest absolute Gasteiger partial charge is 0.298 e. The highest BCUT2D eigenvalue weighted by atomic mass is 32.2. The summed E-state index contributed by atoms with van der Waals surface area (Å²) in [5.41, 5.74) is 0.652. The van der Waals surface area contributed by atoms with Crippen LogP contribution < -0.4 is 9.86 Å². The molecule has 7 heteroatoms. The third-order valence-electron chi connectivity index (χ3n) is 1.72. The summed E-state index contributed by atoms with van der Waals surface area (Å²) in [7, 11) is -3.82. The second kappa shape index (κ2) is 3.44. The van der Waals surface area contributed by atoms with Crippen LogP contribution in [0.15, 0.2) is 30.5 Å². The topological polar surface area (TPSA) is 98.0 Å². The van der Waals surface area contributed by atoms with Gasteiger partial charge in [-0.1, -0.05) is 18.2 Å². The van der Waals surface area contributed by atoms with Crippen LogP contribution in [0.1, 0.15) is 0 Å². The zero-order valence-electron chi connectivity index (χ0n) is 7.58. The Balaban J connectivity index is 2.48. The lowest BCUT2D eigenvalue weighted by atomic mass is 10.2. The molecule has 0 aliphatic carbocycles. The molecule has 1 heterocycles. The fraction of sp³-hybridized carbons (Fsp3) is 0. The molecule has 78 valence electrons. The molecule has 0 unspecified atom stereocenters. The highest BCUT2D eigenvalue weighted by Gasteiger charge is 2.05. The first-order chi connectivity index (χ1) is 7.04. The standard InChI is InChI=1S/C8H8N4O2S/c9-15(13,14)12-8-10-5-6-3-1-2-4-7(6)11-8/h1-5H,(H2,9,13,14)(H,10,11,12). The third kappa shape index (κ3) is 2.39. The Hall–Kier alpha value is -1.73. The van der Waals surface area contributed by atoms with Gasteiger partial charge in [-0.15, -0.1) is 0 Å². The van der Waals surface area contributed by atoms with E-state index in [0.717, 1.165) is 5.39 Å². The minimum Gasteiger partial charge on any atom is -0.239 e. The normalized spacial score (nSPS) is 11.5. The van der Waals surface area contributed by atoms with Crippen LogP contribution in [0.2, 0.25) is 0 Å². The summed E-state index contributed by atoms with van der Waals surface area (Å²) in [5.74, 6) is -0.0313. The fourth-order valence-electron chi connectivity index (χ4n) is 1.15. The Bertz CT molecular complexity index is 596. The summed E-state index contributed by atoms with van der Waals surface area (Å²) in [5, 5.41) is 5.62. The van der Waals surface area contributed by atoms with Crippen LogP contribution in [0, 0.1) is 0 Å². The smallest absolute Gasteiger partial charge is 0.239 e. The first-order valence-corrected chi connectivity index (χ1v) is 5.61. The van der Waals surface area contributed by atoms with Gasteiger partial charge in [0.25, 0.3) is 10.2 Å². The minimum absolute atomic E-state index is 0.0313. The Labute approximate surface area is 86.3 Å². The molecule has 0 aliphatic heterocycles. The van der Waals surface area contributed by atoms with Crippen LogP contribution in [0.3, 0.4) is 0 Å². The SMILES string of the molecule is NS(=O)(=O)Nc1ncc2ccccc2n1. The predicted molar refractivity (Wildman–Crippen MR) is 56.3 cm³/mol. The summed E-state index contributed by atoms with van der Waals surface area (Å²) in [4.78, 5) is 7.79. The summed E-state index contributed by atoms with van der Waals surface area (Å²) in [6, 6.07) is 7.23. The van der Waals surface area contributed by atoms with Crippen LogP contribution in [0.25, 0.3) is 10.9 Å². The molecule has 0 saturated heterocycles. The van der Waals surface area contributed by atoms with Gasteiger partial charge in [0, 0.05) is 11.6 Å². The van der Waals surface area contributed by atoms with Gasteiger partial charge in [0.15, 0.2) is 0 Å². The molecule has 0 radical (unpaired) electrons. The van der Waals surface area contributed by atoms with Gasteiger partial charge in [-0.25, -0.2) is 19.8 Å². The van der Waals surface area contributed by atoms with Gasteiger partial charge in [-0.3, -0.25) is 0 Å². The molecule has 2 rings (SSSR count). The number of benzene rings is 1.